The first-order chi connectivity index (χ1) is 8.41. The summed E-state index contributed by atoms with van der Waals surface area (Å²) in [5, 5.41) is 6.37. The van der Waals surface area contributed by atoms with E-state index < -0.39 is 0 Å². The summed E-state index contributed by atoms with van der Waals surface area (Å²) in [4.78, 5) is 0. The Bertz CT molecular complexity index is 407. The molecule has 0 radical (unpaired) electrons. The zero-order valence-electron chi connectivity index (χ0n) is 11.2. The number of rotatable bonds is 4. The molecule has 0 saturated heterocycles. The maximum absolute atomic E-state index is 6.10. The number of halogens is 1. The fraction of sp³-hybridized carbons (Fsp3) is 0.462. The van der Waals surface area contributed by atoms with Gasteiger partial charge in [-0.3, -0.25) is 5.01 Å². The molecule has 0 aromatic heterocycles. The van der Waals surface area contributed by atoms with Gasteiger partial charge in [0, 0.05) is 12.1 Å². The van der Waals surface area contributed by atoms with E-state index in [1.807, 2.05) is 29.3 Å². The Morgan fingerprint density at radius 2 is 1.83 bits per heavy atom. The summed E-state index contributed by atoms with van der Waals surface area (Å²) in [6.45, 7) is 8.31. The molecular weight excluding hydrogens is 266 g/mol. The molecule has 0 unspecified atom stereocenters. The van der Waals surface area contributed by atoms with Crippen molar-refractivity contribution in [2.24, 2.45) is 0 Å². The van der Waals surface area contributed by atoms with Crippen molar-refractivity contribution in [2.75, 3.05) is 5.32 Å². The smallest absolute Gasteiger partial charge is 0.188 e. The number of anilines is 1. The van der Waals surface area contributed by atoms with Gasteiger partial charge in [0.2, 0.25) is 0 Å². The first-order valence-electron chi connectivity index (χ1n) is 6.02. The SMILES string of the molecule is CC(C)NN(C(=S)Nc1ccccc1Cl)C(C)C. The van der Waals surface area contributed by atoms with Crippen LogP contribution in [0.3, 0.4) is 0 Å². The molecule has 0 fully saturated rings. The van der Waals surface area contributed by atoms with E-state index in [1.165, 1.54) is 0 Å². The third-order valence-corrected chi connectivity index (χ3v) is 2.88. The molecule has 3 nitrogen and oxygen atoms in total. The molecule has 1 aromatic carbocycles. The van der Waals surface area contributed by atoms with Gasteiger partial charge in [0.1, 0.15) is 0 Å². The molecule has 0 aliphatic heterocycles. The molecule has 5 heteroatoms. The fourth-order valence-corrected chi connectivity index (χ4v) is 2.01. The number of para-hydroxylation sites is 1. The van der Waals surface area contributed by atoms with Gasteiger partial charge in [-0.2, -0.15) is 0 Å². The standard InChI is InChI=1S/C13H20ClN3S/c1-9(2)16-17(10(3)4)13(18)15-12-8-6-5-7-11(12)14/h5-10,16H,1-4H3,(H,15,18). The van der Waals surface area contributed by atoms with Crippen LogP contribution in [0.1, 0.15) is 27.7 Å². The monoisotopic (exact) mass is 285 g/mol. The van der Waals surface area contributed by atoms with Crippen molar-refractivity contribution >= 4 is 34.6 Å². The normalized spacial score (nSPS) is 10.8. The number of thiocarbonyl (C=S) groups is 1. The maximum Gasteiger partial charge on any atom is 0.188 e. The summed E-state index contributed by atoms with van der Waals surface area (Å²) in [6, 6.07) is 8.13. The molecule has 0 amide bonds. The number of hydrogen-bond acceptors (Lipinski definition) is 2. The predicted octanol–water partition coefficient (Wildman–Crippen LogP) is 3.66. The van der Waals surface area contributed by atoms with Crippen LogP contribution in [0.25, 0.3) is 0 Å². The van der Waals surface area contributed by atoms with Crippen LogP contribution < -0.4 is 10.7 Å². The Balaban J connectivity index is 2.76. The molecule has 18 heavy (non-hydrogen) atoms. The molecule has 100 valence electrons. The topological polar surface area (TPSA) is 27.3 Å². The Hall–Kier alpha value is -0.840. The van der Waals surface area contributed by atoms with Gasteiger partial charge in [0.25, 0.3) is 0 Å². The third kappa shape index (κ3) is 4.44. The van der Waals surface area contributed by atoms with Crippen LogP contribution in [0.4, 0.5) is 5.69 Å². The maximum atomic E-state index is 6.10. The van der Waals surface area contributed by atoms with E-state index in [-0.39, 0.29) is 6.04 Å². The second-order valence-corrected chi connectivity index (χ2v) is 5.45. The van der Waals surface area contributed by atoms with Crippen molar-refractivity contribution in [3.05, 3.63) is 29.3 Å². The van der Waals surface area contributed by atoms with Crippen molar-refractivity contribution < 1.29 is 0 Å². The zero-order chi connectivity index (χ0) is 13.7. The molecular formula is C13H20ClN3S. The first-order valence-corrected chi connectivity index (χ1v) is 6.81. The quantitative estimate of drug-likeness (QED) is 0.652. The Morgan fingerprint density at radius 1 is 1.22 bits per heavy atom. The van der Waals surface area contributed by atoms with Gasteiger partial charge < -0.3 is 5.32 Å². The Labute approximate surface area is 119 Å². The molecule has 0 saturated carbocycles. The van der Waals surface area contributed by atoms with Crippen molar-refractivity contribution in [2.45, 2.75) is 39.8 Å². The minimum absolute atomic E-state index is 0.259. The lowest BCUT2D eigenvalue weighted by molar-refractivity contribution is 0.233. The van der Waals surface area contributed by atoms with E-state index in [0.717, 1.165) is 5.69 Å². The molecule has 1 aromatic rings. The van der Waals surface area contributed by atoms with Crippen LogP contribution in [-0.2, 0) is 0 Å². The lowest BCUT2D eigenvalue weighted by Gasteiger charge is -2.32. The zero-order valence-corrected chi connectivity index (χ0v) is 12.8. The van der Waals surface area contributed by atoms with Crippen LogP contribution in [0, 0.1) is 0 Å². The number of nitrogens with zero attached hydrogens (tertiary/aromatic N) is 1. The number of nitrogens with one attached hydrogen (secondary N) is 2. The molecule has 0 aliphatic carbocycles. The van der Waals surface area contributed by atoms with Crippen molar-refractivity contribution in [3.63, 3.8) is 0 Å². The van der Waals surface area contributed by atoms with Gasteiger partial charge in [0.15, 0.2) is 5.11 Å². The van der Waals surface area contributed by atoms with Gasteiger partial charge in [-0.15, -0.1) is 0 Å². The number of benzene rings is 1. The van der Waals surface area contributed by atoms with Crippen molar-refractivity contribution in [1.29, 1.82) is 0 Å². The highest BCUT2D eigenvalue weighted by Crippen LogP contribution is 2.20. The highest BCUT2D eigenvalue weighted by molar-refractivity contribution is 7.80. The van der Waals surface area contributed by atoms with Gasteiger partial charge >= 0.3 is 0 Å². The first kappa shape index (κ1) is 15.2. The van der Waals surface area contributed by atoms with Gasteiger partial charge in [0.05, 0.1) is 10.7 Å². The van der Waals surface area contributed by atoms with E-state index in [2.05, 4.69) is 38.4 Å². The molecule has 0 bridgehead atoms. The molecule has 1 rings (SSSR count). The number of hydrogen-bond donors (Lipinski definition) is 2. The van der Waals surface area contributed by atoms with Crippen LogP contribution in [0.2, 0.25) is 5.02 Å². The summed E-state index contributed by atoms with van der Waals surface area (Å²) >= 11 is 11.5. The van der Waals surface area contributed by atoms with Crippen molar-refractivity contribution in [1.82, 2.24) is 10.4 Å². The van der Waals surface area contributed by atoms with E-state index in [9.17, 15) is 0 Å². The highest BCUT2D eigenvalue weighted by Gasteiger charge is 2.15. The van der Waals surface area contributed by atoms with E-state index in [1.54, 1.807) is 0 Å². The number of hydrazine groups is 1. The summed E-state index contributed by atoms with van der Waals surface area (Å²) in [7, 11) is 0. The largest absolute Gasteiger partial charge is 0.330 e. The minimum atomic E-state index is 0.259. The molecule has 2 N–H and O–H groups in total. The van der Waals surface area contributed by atoms with Gasteiger partial charge in [-0.05, 0) is 52.0 Å². The van der Waals surface area contributed by atoms with Crippen LogP contribution >= 0.6 is 23.8 Å². The van der Waals surface area contributed by atoms with Crippen LogP contribution in [-0.4, -0.2) is 22.2 Å². The van der Waals surface area contributed by atoms with E-state index in [4.69, 9.17) is 23.8 Å². The summed E-state index contributed by atoms with van der Waals surface area (Å²) in [5.74, 6) is 0. The highest BCUT2D eigenvalue weighted by atomic mass is 35.5. The average Bonchev–Trinajstić information content (AvgIpc) is 2.28. The summed E-state index contributed by atoms with van der Waals surface area (Å²) < 4.78 is 0. The average molecular weight is 286 g/mol. The van der Waals surface area contributed by atoms with Gasteiger partial charge in [-0.25, -0.2) is 5.43 Å². The predicted molar refractivity (Wildman–Crippen MR) is 82.9 cm³/mol. The van der Waals surface area contributed by atoms with E-state index >= 15 is 0 Å². The minimum Gasteiger partial charge on any atom is -0.330 e. The molecule has 0 spiro atoms. The summed E-state index contributed by atoms with van der Waals surface area (Å²) in [6.07, 6.45) is 0. The summed E-state index contributed by atoms with van der Waals surface area (Å²) in [5.41, 5.74) is 4.13. The lowest BCUT2D eigenvalue weighted by Crippen LogP contribution is -2.51. The van der Waals surface area contributed by atoms with Crippen LogP contribution in [0.5, 0.6) is 0 Å². The molecule has 0 aliphatic rings. The van der Waals surface area contributed by atoms with E-state index in [0.29, 0.717) is 16.2 Å². The molecule has 0 heterocycles. The second kappa shape index (κ2) is 6.92. The fourth-order valence-electron chi connectivity index (χ4n) is 1.46. The Kier molecular flexibility index (Phi) is 5.85. The second-order valence-electron chi connectivity index (χ2n) is 4.66. The van der Waals surface area contributed by atoms with Gasteiger partial charge in [-0.1, -0.05) is 23.7 Å². The lowest BCUT2D eigenvalue weighted by atomic mass is 10.3. The van der Waals surface area contributed by atoms with Crippen LogP contribution in [0.15, 0.2) is 24.3 Å². The Morgan fingerprint density at radius 3 is 2.33 bits per heavy atom. The third-order valence-electron chi connectivity index (χ3n) is 2.25. The van der Waals surface area contributed by atoms with Crippen molar-refractivity contribution in [3.8, 4) is 0 Å². The molecule has 0 atom stereocenters.